The number of nitrogens with one attached hydrogen (secondary N) is 3. The zero-order chi connectivity index (χ0) is 46.2. The predicted molar refractivity (Wildman–Crippen MR) is 233 cm³/mol. The van der Waals surface area contributed by atoms with Crippen LogP contribution in [-0.4, -0.2) is 114 Å². The fourth-order valence-corrected chi connectivity index (χ4v) is 8.42. The number of methoxy groups -OCH3 is 2. The Labute approximate surface area is 373 Å². The van der Waals surface area contributed by atoms with Crippen molar-refractivity contribution in [3.8, 4) is 28.4 Å². The fraction of sp³-hybridized carbons (Fsp3) is 0.413. The van der Waals surface area contributed by atoms with E-state index in [0.29, 0.717) is 49.5 Å². The number of aryl methyl sites for hydroxylation is 1. The summed E-state index contributed by atoms with van der Waals surface area (Å²) in [6, 6.07) is 8.67. The van der Waals surface area contributed by atoms with Crippen LogP contribution >= 0.6 is 0 Å². The summed E-state index contributed by atoms with van der Waals surface area (Å²) in [6.45, 7) is 2.61. The molecular formula is C46H51N7O12. The number of fused-ring (bicyclic) bond motifs is 2. The van der Waals surface area contributed by atoms with Crippen LogP contribution in [0, 0.1) is 5.92 Å². The molecule has 2 unspecified atom stereocenters. The Hall–Kier alpha value is -7.15. The minimum Gasteiger partial charge on any atom is -0.496 e. The molecule has 2 aromatic carbocycles. The number of carbonyl (C=O) groups excluding carboxylic acids is 7. The van der Waals surface area contributed by atoms with E-state index in [4.69, 9.17) is 18.9 Å². The molecule has 2 fully saturated rings. The van der Waals surface area contributed by atoms with Crippen LogP contribution in [0.2, 0.25) is 0 Å². The summed E-state index contributed by atoms with van der Waals surface area (Å²) in [5.74, 6) is -2.61. The lowest BCUT2D eigenvalue weighted by Gasteiger charge is -2.38. The van der Waals surface area contributed by atoms with Crippen LogP contribution in [-0.2, 0) is 42.3 Å². The second kappa shape index (κ2) is 20.6. The number of carbonyl (C=O) groups is 7. The van der Waals surface area contributed by atoms with Crippen molar-refractivity contribution in [1.29, 1.82) is 0 Å². The summed E-state index contributed by atoms with van der Waals surface area (Å²) in [5.41, 5.74) is 2.18. The summed E-state index contributed by atoms with van der Waals surface area (Å²) >= 11 is 0. The van der Waals surface area contributed by atoms with Gasteiger partial charge in [-0.2, -0.15) is 0 Å². The van der Waals surface area contributed by atoms with Gasteiger partial charge in [0.05, 0.1) is 42.2 Å². The Morgan fingerprint density at radius 1 is 0.877 bits per heavy atom. The number of nitrogens with zero attached hydrogens (tertiary/aromatic N) is 4. The first kappa shape index (κ1) is 45.9. The van der Waals surface area contributed by atoms with Gasteiger partial charge in [-0.3, -0.25) is 58.5 Å². The van der Waals surface area contributed by atoms with Crippen molar-refractivity contribution in [2.24, 2.45) is 13.0 Å². The van der Waals surface area contributed by atoms with Crippen LogP contribution in [0.1, 0.15) is 77.6 Å². The van der Waals surface area contributed by atoms with Gasteiger partial charge in [-0.05, 0) is 60.5 Å². The Morgan fingerprint density at radius 2 is 1.57 bits per heavy atom. The van der Waals surface area contributed by atoms with E-state index in [0.717, 1.165) is 59.1 Å². The molecule has 0 bridgehead atoms. The summed E-state index contributed by atoms with van der Waals surface area (Å²) in [5, 5.41) is 9.16. The molecule has 3 aliphatic heterocycles. The van der Waals surface area contributed by atoms with Gasteiger partial charge in [0.2, 0.25) is 17.7 Å². The van der Waals surface area contributed by atoms with Crippen LogP contribution in [0.3, 0.4) is 0 Å². The zero-order valence-electron chi connectivity index (χ0n) is 36.4. The van der Waals surface area contributed by atoms with E-state index in [1.165, 1.54) is 22.8 Å². The van der Waals surface area contributed by atoms with E-state index in [1.54, 1.807) is 39.9 Å². The molecule has 0 saturated carbocycles. The van der Waals surface area contributed by atoms with Gasteiger partial charge in [-0.25, -0.2) is 0 Å². The predicted octanol–water partition coefficient (Wildman–Crippen LogP) is 2.60. The highest BCUT2D eigenvalue weighted by Crippen LogP contribution is 2.39. The Morgan fingerprint density at radius 3 is 2.25 bits per heavy atom. The summed E-state index contributed by atoms with van der Waals surface area (Å²) in [4.78, 5) is 107. The van der Waals surface area contributed by atoms with Crippen molar-refractivity contribution >= 4 is 52.7 Å². The maximum Gasteiger partial charge on any atom is 0.323 e. The number of ether oxygens (including phenoxy) is 4. The second-order valence-corrected chi connectivity index (χ2v) is 16.1. The molecule has 5 heterocycles. The van der Waals surface area contributed by atoms with E-state index in [-0.39, 0.29) is 60.1 Å². The van der Waals surface area contributed by atoms with E-state index in [9.17, 15) is 38.4 Å². The van der Waals surface area contributed by atoms with Gasteiger partial charge >= 0.3 is 12.2 Å². The number of rotatable bonds is 21. The highest BCUT2D eigenvalue weighted by molar-refractivity contribution is 6.24. The molecule has 2 atom stereocenters. The maximum atomic E-state index is 13.4. The van der Waals surface area contributed by atoms with Crippen molar-refractivity contribution in [2.45, 2.75) is 70.2 Å². The van der Waals surface area contributed by atoms with E-state index in [2.05, 4.69) is 25.8 Å². The largest absolute Gasteiger partial charge is 0.496 e. The van der Waals surface area contributed by atoms with Gasteiger partial charge in [0.25, 0.3) is 23.8 Å². The molecule has 0 radical (unpaired) electrons. The van der Waals surface area contributed by atoms with Crippen molar-refractivity contribution < 1.29 is 52.5 Å². The van der Waals surface area contributed by atoms with E-state index in [1.807, 2.05) is 18.2 Å². The molecule has 65 heavy (non-hydrogen) atoms. The lowest BCUT2D eigenvalue weighted by Crippen LogP contribution is -2.54. The third kappa shape index (κ3) is 9.99. The van der Waals surface area contributed by atoms with Crippen LogP contribution in [0.25, 0.3) is 21.9 Å². The molecular weight excluding hydrogens is 843 g/mol. The number of benzene rings is 2. The number of unbranched alkanes of at least 4 members (excludes halogenated alkanes) is 5. The Bertz CT molecular complexity index is 2550. The highest BCUT2D eigenvalue weighted by Gasteiger charge is 2.46. The molecule has 4 aromatic rings. The van der Waals surface area contributed by atoms with Gasteiger partial charge < -0.3 is 34.1 Å². The highest BCUT2D eigenvalue weighted by atomic mass is 16.7. The molecule has 2 aromatic heterocycles. The Balaban J connectivity index is 0.789. The summed E-state index contributed by atoms with van der Waals surface area (Å²) in [7, 11) is 4.92. The Kier molecular flexibility index (Phi) is 14.5. The van der Waals surface area contributed by atoms with Gasteiger partial charge in [0, 0.05) is 70.3 Å². The quantitative estimate of drug-likeness (QED) is 0.0473. The number of likely N-dealkylation sites (tertiary alicyclic amines) is 1. The van der Waals surface area contributed by atoms with Gasteiger partial charge in [-0.15, -0.1) is 0 Å². The fourth-order valence-electron chi connectivity index (χ4n) is 8.42. The van der Waals surface area contributed by atoms with Crippen LogP contribution in [0.4, 0.5) is 0 Å². The lowest BCUT2D eigenvalue weighted by molar-refractivity contribution is -0.162. The minimum absolute atomic E-state index is 0.0223. The molecule has 3 aliphatic rings. The molecule has 0 spiro atoms. The number of aromatic nitrogens is 2. The standard InChI is InChI=1S/C46H51N7O12/c1-51-24-32(29-15-18-47-21-31(29)43(51)59)27-19-36(62-2)33(37(20-27)63-3)25-52-22-28(23-52)40(56)48-16-8-6-4-5-7-9-17-49-42(58)46(64-26-54)65-35-12-10-11-30-39(35)45(61)53(44(30)60)34-13-14-38(55)50-41(34)57/h10-12,15,18-21,24,26,28,34,46H,4-9,13-14,16-17,22-23,25H2,1-3H3,(H,48,56)(H,49,58)(H,50,55,57). The van der Waals surface area contributed by atoms with Crippen molar-refractivity contribution in [2.75, 3.05) is 40.4 Å². The van der Waals surface area contributed by atoms with Crippen LogP contribution in [0.15, 0.2) is 59.8 Å². The number of amides is 6. The number of hydrogen-bond donors (Lipinski definition) is 3. The molecule has 7 rings (SSSR count). The van der Waals surface area contributed by atoms with Gasteiger partial charge in [-0.1, -0.05) is 31.7 Å². The average molecular weight is 894 g/mol. The maximum absolute atomic E-state index is 13.4. The molecule has 6 amide bonds. The topological polar surface area (TPSA) is 234 Å². The van der Waals surface area contributed by atoms with Crippen molar-refractivity contribution in [1.82, 2.24) is 35.3 Å². The monoisotopic (exact) mass is 893 g/mol. The smallest absolute Gasteiger partial charge is 0.323 e. The molecule has 0 aliphatic carbocycles. The molecule has 2 saturated heterocycles. The van der Waals surface area contributed by atoms with Gasteiger partial charge in [0.1, 0.15) is 23.3 Å². The number of piperidine rings is 1. The number of pyridine rings is 2. The lowest BCUT2D eigenvalue weighted by atomic mass is 9.96. The SMILES string of the molecule is COc1cc(-c2cn(C)c(=O)c3cnccc23)cc(OC)c1CN1CC(C(=O)NCCCCCCCCNC(=O)C(OC=O)Oc2cccc3c2C(=O)N(C2CCC(=O)NC2=O)C3=O)C1. The number of imide groups is 2. The minimum atomic E-state index is -1.75. The third-order valence-corrected chi connectivity index (χ3v) is 11.9. The summed E-state index contributed by atoms with van der Waals surface area (Å²) < 4.78 is 23.7. The second-order valence-electron chi connectivity index (χ2n) is 16.1. The van der Waals surface area contributed by atoms with Crippen LogP contribution < -0.4 is 35.7 Å². The molecule has 342 valence electrons. The average Bonchev–Trinajstić information content (AvgIpc) is 3.54. The first-order chi connectivity index (χ1) is 31.4. The molecule has 19 nitrogen and oxygen atoms in total. The van der Waals surface area contributed by atoms with Crippen LogP contribution in [0.5, 0.6) is 17.2 Å². The first-order valence-electron chi connectivity index (χ1n) is 21.5. The van der Waals surface area contributed by atoms with E-state index >= 15 is 0 Å². The van der Waals surface area contributed by atoms with Crippen molar-refractivity contribution in [3.63, 3.8) is 0 Å². The van der Waals surface area contributed by atoms with Gasteiger partial charge in [0.15, 0.2) is 0 Å². The van der Waals surface area contributed by atoms with E-state index < -0.39 is 41.9 Å². The molecule has 19 heteroatoms. The summed E-state index contributed by atoms with van der Waals surface area (Å²) in [6.07, 6.45) is 8.21. The normalized spacial score (nSPS) is 16.7. The first-order valence-corrected chi connectivity index (χ1v) is 21.5. The zero-order valence-corrected chi connectivity index (χ0v) is 36.4. The van der Waals surface area contributed by atoms with Crippen molar-refractivity contribution in [3.05, 3.63) is 82.0 Å². The third-order valence-electron chi connectivity index (χ3n) is 11.9. The molecule has 3 N–H and O–H groups in total. The number of hydrogen-bond acceptors (Lipinski definition) is 14.